The lowest BCUT2D eigenvalue weighted by Gasteiger charge is -2.28. The predicted octanol–water partition coefficient (Wildman–Crippen LogP) is 6.88. The first-order valence-corrected chi connectivity index (χ1v) is 10.2. The molecule has 0 spiro atoms. The third-order valence-electron chi connectivity index (χ3n) is 4.38. The number of benzene rings is 2. The van der Waals surface area contributed by atoms with Gasteiger partial charge in [-0.3, -0.25) is 4.99 Å². The Morgan fingerprint density at radius 1 is 0.679 bits per heavy atom. The van der Waals surface area contributed by atoms with Gasteiger partial charge in [0.25, 0.3) is 0 Å². The maximum Gasteiger partial charge on any atom is 0.0659 e. The molecule has 0 heterocycles. The van der Waals surface area contributed by atoms with Crippen LogP contribution < -0.4 is 10.6 Å². The van der Waals surface area contributed by atoms with Crippen molar-refractivity contribution in [3.63, 3.8) is 0 Å². The third kappa shape index (κ3) is 4.57. The summed E-state index contributed by atoms with van der Waals surface area (Å²) in [4.78, 5) is 4.99. The van der Waals surface area contributed by atoms with Gasteiger partial charge < -0.3 is 10.6 Å². The molecule has 2 N–H and O–H groups in total. The van der Waals surface area contributed by atoms with Crippen LogP contribution in [0, 0.1) is 0 Å². The first kappa shape index (κ1) is 20.4. The fourth-order valence-corrected chi connectivity index (χ4v) is 3.60. The highest BCUT2D eigenvalue weighted by atomic mass is 15.0. The maximum atomic E-state index is 4.99. The van der Waals surface area contributed by atoms with Crippen molar-refractivity contribution in [2.45, 2.75) is 78.9 Å². The summed E-state index contributed by atoms with van der Waals surface area (Å²) in [5, 5.41) is 9.86. The largest absolute Gasteiger partial charge is 0.380 e. The van der Waals surface area contributed by atoms with Gasteiger partial charge in [-0.05, 0) is 80.5 Å². The summed E-state index contributed by atoms with van der Waals surface area (Å²) in [5.74, 6) is 0. The van der Waals surface area contributed by atoms with Crippen molar-refractivity contribution in [2.24, 2.45) is 4.99 Å². The van der Waals surface area contributed by atoms with Gasteiger partial charge in [-0.15, -0.1) is 0 Å². The van der Waals surface area contributed by atoms with Crippen molar-refractivity contribution in [3.05, 3.63) is 41.5 Å². The van der Waals surface area contributed by atoms with E-state index < -0.39 is 0 Å². The van der Waals surface area contributed by atoms with Crippen LogP contribution in [-0.2, 0) is 0 Å². The van der Waals surface area contributed by atoms with Gasteiger partial charge in [0.05, 0.1) is 11.3 Å². The van der Waals surface area contributed by atoms with Gasteiger partial charge in [0.1, 0.15) is 0 Å². The van der Waals surface area contributed by atoms with Crippen LogP contribution >= 0.6 is 0 Å². The Labute approximate surface area is 170 Å². The van der Waals surface area contributed by atoms with Crippen molar-refractivity contribution >= 4 is 33.9 Å². The summed E-state index contributed by atoms with van der Waals surface area (Å²) in [6.07, 6.45) is 4.38. The molecule has 0 aromatic heterocycles. The van der Waals surface area contributed by atoms with Crippen molar-refractivity contribution in [2.75, 3.05) is 10.6 Å². The topological polar surface area (TPSA) is 36.4 Å². The lowest BCUT2D eigenvalue weighted by molar-refractivity contribution is 0.585. The van der Waals surface area contributed by atoms with Crippen molar-refractivity contribution in [1.82, 2.24) is 0 Å². The van der Waals surface area contributed by atoms with E-state index in [4.69, 9.17) is 4.99 Å². The number of anilines is 2. The lowest BCUT2D eigenvalue weighted by atomic mass is 9.88. The number of nitrogens with one attached hydrogen (secondary N) is 2. The van der Waals surface area contributed by atoms with Crippen LogP contribution in [0.1, 0.15) is 73.4 Å². The Morgan fingerprint density at radius 2 is 1.25 bits per heavy atom. The second kappa shape index (κ2) is 6.65. The van der Waals surface area contributed by atoms with Gasteiger partial charge in [-0.25, -0.2) is 0 Å². The second-order valence-electron chi connectivity index (χ2n) is 10.9. The summed E-state index contributed by atoms with van der Waals surface area (Å²) in [5.41, 5.74) is 5.72. The average Bonchev–Trinajstić information content (AvgIpc) is 2.48. The number of hydrogen-bond donors (Lipinski definition) is 2. The minimum Gasteiger partial charge on any atom is -0.380 e. The van der Waals surface area contributed by atoms with E-state index in [2.05, 4.69) is 109 Å². The maximum absolute atomic E-state index is 4.99. The molecule has 2 aromatic carbocycles. The zero-order chi connectivity index (χ0) is 20.9. The third-order valence-corrected chi connectivity index (χ3v) is 4.38. The minimum absolute atomic E-state index is 0.000768. The molecule has 0 amide bonds. The molecule has 150 valence electrons. The number of aliphatic imine (C=N–C) groups is 1. The van der Waals surface area contributed by atoms with E-state index in [9.17, 15) is 0 Å². The summed E-state index contributed by atoms with van der Waals surface area (Å²) < 4.78 is 0. The Kier molecular flexibility index (Phi) is 4.85. The van der Waals surface area contributed by atoms with Crippen LogP contribution in [0.5, 0.6) is 0 Å². The van der Waals surface area contributed by atoms with Gasteiger partial charge in [-0.2, -0.15) is 0 Å². The van der Waals surface area contributed by atoms with Gasteiger partial charge in [0.2, 0.25) is 0 Å². The molecule has 3 nitrogen and oxygen atoms in total. The van der Waals surface area contributed by atoms with Gasteiger partial charge in [0.15, 0.2) is 0 Å². The van der Waals surface area contributed by atoms with Crippen LogP contribution in [0.25, 0.3) is 16.8 Å². The quantitative estimate of drug-likeness (QED) is 0.599. The van der Waals surface area contributed by atoms with Crippen molar-refractivity contribution < 1.29 is 0 Å². The summed E-state index contributed by atoms with van der Waals surface area (Å²) in [6.45, 7) is 19.6. The SMILES string of the molecule is CC(C)(C)N=C1C=Cc2c(NC(C)(C)C)ccc3c(NC(C)(C)C)ccc1c23. The molecule has 1 aliphatic carbocycles. The Morgan fingerprint density at radius 3 is 1.82 bits per heavy atom. The summed E-state index contributed by atoms with van der Waals surface area (Å²) in [6, 6.07) is 8.85. The molecule has 0 saturated carbocycles. The van der Waals surface area contributed by atoms with Crippen molar-refractivity contribution in [1.29, 1.82) is 0 Å². The predicted molar refractivity (Wildman–Crippen MR) is 126 cm³/mol. The van der Waals surface area contributed by atoms with Crippen LogP contribution in [0.15, 0.2) is 35.3 Å². The highest BCUT2D eigenvalue weighted by Crippen LogP contribution is 2.39. The molecular weight excluding hydrogens is 342 g/mol. The van der Waals surface area contributed by atoms with E-state index in [0.29, 0.717) is 0 Å². The standard InChI is InChI=1S/C25H35N3/c1-23(2,3)26-19-13-10-17-21(28-25(7,8)9)15-12-18-20(27-24(4,5)6)14-11-16(19)22(17)18/h10-15,26-27H,1-9H3. The van der Waals surface area contributed by atoms with E-state index in [1.165, 1.54) is 33.3 Å². The lowest BCUT2D eigenvalue weighted by Crippen LogP contribution is -2.27. The Bertz CT molecular complexity index is 958. The molecule has 0 unspecified atom stereocenters. The van der Waals surface area contributed by atoms with Gasteiger partial charge in [0, 0.05) is 44.4 Å². The van der Waals surface area contributed by atoms with Crippen LogP contribution in [0.2, 0.25) is 0 Å². The van der Waals surface area contributed by atoms with E-state index in [-0.39, 0.29) is 16.6 Å². The van der Waals surface area contributed by atoms with Crippen LogP contribution in [0.3, 0.4) is 0 Å². The molecule has 28 heavy (non-hydrogen) atoms. The number of allylic oxidation sites excluding steroid dienone is 1. The first-order valence-electron chi connectivity index (χ1n) is 10.2. The zero-order valence-electron chi connectivity index (χ0n) is 18.9. The first-order chi connectivity index (χ1) is 12.7. The molecule has 3 rings (SSSR count). The number of hydrogen-bond acceptors (Lipinski definition) is 3. The fraction of sp³-hybridized carbons (Fsp3) is 0.480. The average molecular weight is 378 g/mol. The van der Waals surface area contributed by atoms with Crippen molar-refractivity contribution in [3.8, 4) is 0 Å². The molecule has 2 aromatic rings. The number of nitrogens with zero attached hydrogens (tertiary/aromatic N) is 1. The zero-order valence-corrected chi connectivity index (χ0v) is 18.9. The van der Waals surface area contributed by atoms with Gasteiger partial charge >= 0.3 is 0 Å². The summed E-state index contributed by atoms with van der Waals surface area (Å²) >= 11 is 0. The summed E-state index contributed by atoms with van der Waals surface area (Å²) in [7, 11) is 0. The molecule has 0 bridgehead atoms. The fourth-order valence-electron chi connectivity index (χ4n) is 3.60. The Balaban J connectivity index is 2.30. The minimum atomic E-state index is -0.118. The molecule has 0 fully saturated rings. The van der Waals surface area contributed by atoms with E-state index in [0.717, 1.165) is 5.71 Å². The molecule has 0 aliphatic heterocycles. The second-order valence-corrected chi connectivity index (χ2v) is 10.9. The smallest absolute Gasteiger partial charge is 0.0659 e. The molecular formula is C25H35N3. The Hall–Kier alpha value is -2.29. The monoisotopic (exact) mass is 377 g/mol. The molecule has 0 saturated heterocycles. The van der Waals surface area contributed by atoms with E-state index in [1.807, 2.05) is 0 Å². The van der Waals surface area contributed by atoms with E-state index >= 15 is 0 Å². The van der Waals surface area contributed by atoms with E-state index in [1.54, 1.807) is 0 Å². The highest BCUT2D eigenvalue weighted by molar-refractivity contribution is 6.25. The molecule has 3 heteroatoms. The molecule has 0 atom stereocenters. The normalized spacial score (nSPS) is 16.0. The van der Waals surface area contributed by atoms with Crippen LogP contribution in [0.4, 0.5) is 11.4 Å². The highest BCUT2D eigenvalue weighted by Gasteiger charge is 2.23. The number of rotatable bonds is 2. The molecule has 0 radical (unpaired) electrons. The van der Waals surface area contributed by atoms with Crippen LogP contribution in [-0.4, -0.2) is 22.3 Å². The van der Waals surface area contributed by atoms with Gasteiger partial charge in [-0.1, -0.05) is 18.2 Å². The molecule has 1 aliphatic rings.